The minimum atomic E-state index is -0.457. The number of rotatable bonds is 3. The molecular weight excluding hydrogens is 275 g/mol. The van der Waals surface area contributed by atoms with Crippen molar-refractivity contribution in [2.45, 2.75) is 6.92 Å². The first-order valence-electron chi connectivity index (χ1n) is 6.76. The number of amides is 1. The molecule has 3 N–H and O–H groups in total. The molecule has 114 valence electrons. The maximum Gasteiger partial charge on any atom is 0.256 e. The number of nitrogens with zero attached hydrogens (tertiary/aromatic N) is 3. The summed E-state index contributed by atoms with van der Waals surface area (Å²) in [7, 11) is 0. The SMILES string of the molecule is Cc1cccc(C(=O)N2CCN(C/C(N)=N/O)CC2)c1F. The molecule has 0 spiro atoms. The highest BCUT2D eigenvalue weighted by Gasteiger charge is 2.24. The van der Waals surface area contributed by atoms with E-state index in [9.17, 15) is 9.18 Å². The van der Waals surface area contributed by atoms with Gasteiger partial charge in [0.15, 0.2) is 5.84 Å². The number of nitrogens with two attached hydrogens (primary N) is 1. The fraction of sp³-hybridized carbons (Fsp3) is 0.429. The summed E-state index contributed by atoms with van der Waals surface area (Å²) >= 11 is 0. The van der Waals surface area contributed by atoms with Crippen LogP contribution in [0, 0.1) is 12.7 Å². The lowest BCUT2D eigenvalue weighted by molar-refractivity contribution is 0.0648. The maximum absolute atomic E-state index is 14.0. The average molecular weight is 294 g/mol. The predicted octanol–water partition coefficient (Wildman–Crippen LogP) is 0.638. The predicted molar refractivity (Wildman–Crippen MR) is 76.9 cm³/mol. The normalized spacial score (nSPS) is 17.0. The van der Waals surface area contributed by atoms with Crippen molar-refractivity contribution in [3.8, 4) is 0 Å². The second-order valence-corrected chi connectivity index (χ2v) is 5.10. The Kier molecular flexibility index (Phi) is 4.74. The van der Waals surface area contributed by atoms with E-state index in [2.05, 4.69) is 5.16 Å². The fourth-order valence-electron chi connectivity index (χ4n) is 2.35. The molecule has 0 radical (unpaired) electrons. The Hall–Kier alpha value is -2.15. The molecule has 6 nitrogen and oxygen atoms in total. The zero-order chi connectivity index (χ0) is 15.4. The van der Waals surface area contributed by atoms with Crippen molar-refractivity contribution in [1.82, 2.24) is 9.80 Å². The second-order valence-electron chi connectivity index (χ2n) is 5.10. The molecule has 2 rings (SSSR count). The lowest BCUT2D eigenvalue weighted by Gasteiger charge is -2.34. The van der Waals surface area contributed by atoms with Gasteiger partial charge in [0.25, 0.3) is 5.91 Å². The van der Waals surface area contributed by atoms with Crippen LogP contribution in [0.4, 0.5) is 4.39 Å². The molecule has 0 saturated carbocycles. The van der Waals surface area contributed by atoms with Gasteiger partial charge in [-0.3, -0.25) is 9.69 Å². The molecule has 0 atom stereocenters. The van der Waals surface area contributed by atoms with E-state index in [-0.39, 0.29) is 17.3 Å². The number of hydrogen-bond acceptors (Lipinski definition) is 4. The van der Waals surface area contributed by atoms with Crippen LogP contribution in [0.1, 0.15) is 15.9 Å². The molecule has 0 aliphatic carbocycles. The first-order chi connectivity index (χ1) is 10.0. The molecule has 0 unspecified atom stereocenters. The molecule has 1 aromatic rings. The van der Waals surface area contributed by atoms with Gasteiger partial charge in [-0.25, -0.2) is 4.39 Å². The zero-order valence-corrected chi connectivity index (χ0v) is 11.9. The van der Waals surface area contributed by atoms with Crippen LogP contribution in [-0.4, -0.2) is 59.5 Å². The van der Waals surface area contributed by atoms with Crippen molar-refractivity contribution in [2.75, 3.05) is 32.7 Å². The molecule has 1 saturated heterocycles. The Bertz CT molecular complexity index is 554. The van der Waals surface area contributed by atoms with Gasteiger partial charge in [0.2, 0.25) is 0 Å². The third kappa shape index (κ3) is 3.49. The molecule has 7 heteroatoms. The average Bonchev–Trinajstić information content (AvgIpc) is 2.50. The Morgan fingerprint density at radius 1 is 1.38 bits per heavy atom. The Balaban J connectivity index is 1.99. The summed E-state index contributed by atoms with van der Waals surface area (Å²) in [6.07, 6.45) is 0. The van der Waals surface area contributed by atoms with E-state index in [0.717, 1.165) is 0 Å². The summed E-state index contributed by atoms with van der Waals surface area (Å²) < 4.78 is 14.0. The van der Waals surface area contributed by atoms with E-state index >= 15 is 0 Å². The number of benzene rings is 1. The molecule has 0 aromatic heterocycles. The molecule has 21 heavy (non-hydrogen) atoms. The Morgan fingerprint density at radius 3 is 2.67 bits per heavy atom. The summed E-state index contributed by atoms with van der Waals surface area (Å²) in [5.41, 5.74) is 6.03. The van der Waals surface area contributed by atoms with Gasteiger partial charge in [-0.05, 0) is 18.6 Å². The highest BCUT2D eigenvalue weighted by molar-refractivity contribution is 5.94. The van der Waals surface area contributed by atoms with E-state index in [1.807, 2.05) is 4.90 Å². The van der Waals surface area contributed by atoms with Gasteiger partial charge < -0.3 is 15.8 Å². The fourth-order valence-corrected chi connectivity index (χ4v) is 2.35. The number of piperazine rings is 1. The first-order valence-corrected chi connectivity index (χ1v) is 6.76. The lowest BCUT2D eigenvalue weighted by atomic mass is 10.1. The highest BCUT2D eigenvalue weighted by Crippen LogP contribution is 2.15. The van der Waals surface area contributed by atoms with Crippen LogP contribution in [0.15, 0.2) is 23.4 Å². The van der Waals surface area contributed by atoms with Gasteiger partial charge in [0.1, 0.15) is 5.82 Å². The smallest absolute Gasteiger partial charge is 0.256 e. The van der Waals surface area contributed by atoms with Crippen LogP contribution in [0.5, 0.6) is 0 Å². The van der Waals surface area contributed by atoms with Gasteiger partial charge in [0.05, 0.1) is 12.1 Å². The number of oxime groups is 1. The molecule has 1 aliphatic rings. The van der Waals surface area contributed by atoms with Crippen LogP contribution in [0.2, 0.25) is 0 Å². The number of carbonyl (C=O) groups excluding carboxylic acids is 1. The van der Waals surface area contributed by atoms with E-state index in [1.165, 1.54) is 6.07 Å². The summed E-state index contributed by atoms with van der Waals surface area (Å²) in [5, 5.41) is 11.5. The van der Waals surface area contributed by atoms with Crippen LogP contribution >= 0.6 is 0 Å². The zero-order valence-electron chi connectivity index (χ0n) is 11.9. The highest BCUT2D eigenvalue weighted by atomic mass is 19.1. The van der Waals surface area contributed by atoms with Crippen molar-refractivity contribution in [1.29, 1.82) is 0 Å². The number of amidine groups is 1. The number of hydrogen-bond donors (Lipinski definition) is 2. The standard InChI is InChI=1S/C14H19FN4O2/c1-10-3-2-4-11(13(10)15)14(20)19-7-5-18(6-8-19)9-12(16)17-21/h2-4,21H,5-9H2,1H3,(H2,16,17). The number of aryl methyl sites for hydroxylation is 1. The van der Waals surface area contributed by atoms with Gasteiger partial charge in [-0.2, -0.15) is 0 Å². The van der Waals surface area contributed by atoms with E-state index in [1.54, 1.807) is 24.0 Å². The monoisotopic (exact) mass is 294 g/mol. The van der Waals surface area contributed by atoms with E-state index in [4.69, 9.17) is 10.9 Å². The minimum absolute atomic E-state index is 0.111. The van der Waals surface area contributed by atoms with Crippen molar-refractivity contribution in [3.63, 3.8) is 0 Å². The van der Waals surface area contributed by atoms with Crippen molar-refractivity contribution < 1.29 is 14.4 Å². The topological polar surface area (TPSA) is 82.2 Å². The van der Waals surface area contributed by atoms with Crippen LogP contribution in [-0.2, 0) is 0 Å². The molecule has 1 aliphatic heterocycles. The third-order valence-corrected chi connectivity index (χ3v) is 3.60. The lowest BCUT2D eigenvalue weighted by Crippen LogP contribution is -2.50. The first kappa shape index (κ1) is 15.2. The molecule has 1 fully saturated rings. The van der Waals surface area contributed by atoms with E-state index in [0.29, 0.717) is 38.3 Å². The summed E-state index contributed by atoms with van der Waals surface area (Å²) in [6, 6.07) is 4.83. The maximum atomic E-state index is 14.0. The van der Waals surface area contributed by atoms with Crippen LogP contribution < -0.4 is 5.73 Å². The largest absolute Gasteiger partial charge is 0.409 e. The minimum Gasteiger partial charge on any atom is -0.409 e. The van der Waals surface area contributed by atoms with Gasteiger partial charge in [-0.1, -0.05) is 17.3 Å². The van der Waals surface area contributed by atoms with Crippen molar-refractivity contribution >= 4 is 11.7 Å². The van der Waals surface area contributed by atoms with Crippen LogP contribution in [0.25, 0.3) is 0 Å². The molecule has 1 aromatic carbocycles. The molecular formula is C14H19FN4O2. The summed E-state index contributed by atoms with van der Waals surface area (Å²) in [5.74, 6) is -0.610. The summed E-state index contributed by atoms with van der Waals surface area (Å²) in [6.45, 7) is 4.19. The van der Waals surface area contributed by atoms with Crippen molar-refractivity contribution in [3.05, 3.63) is 35.1 Å². The Labute approximate surface area is 122 Å². The molecule has 1 heterocycles. The van der Waals surface area contributed by atoms with Gasteiger partial charge >= 0.3 is 0 Å². The van der Waals surface area contributed by atoms with Crippen LogP contribution in [0.3, 0.4) is 0 Å². The van der Waals surface area contributed by atoms with Crippen molar-refractivity contribution in [2.24, 2.45) is 10.9 Å². The number of carbonyl (C=O) groups is 1. The third-order valence-electron chi connectivity index (χ3n) is 3.60. The molecule has 0 bridgehead atoms. The summed E-state index contributed by atoms with van der Waals surface area (Å²) in [4.78, 5) is 15.9. The van der Waals surface area contributed by atoms with Gasteiger partial charge in [-0.15, -0.1) is 0 Å². The Morgan fingerprint density at radius 2 is 2.05 bits per heavy atom. The molecule has 1 amide bonds. The quantitative estimate of drug-likeness (QED) is 0.371. The van der Waals surface area contributed by atoms with E-state index < -0.39 is 5.82 Å². The second kappa shape index (κ2) is 6.53. The van der Waals surface area contributed by atoms with Gasteiger partial charge in [0, 0.05) is 26.2 Å². The number of halogens is 1.